The molecule has 2 aliphatic carbocycles. The molecule has 0 radical (unpaired) electrons. The number of hydrogen-bond acceptors (Lipinski definition) is 3. The third-order valence-electron chi connectivity index (χ3n) is 6.07. The largest absolute Gasteiger partial charge is 0.470 e. The second kappa shape index (κ2) is 8.72. The smallest absolute Gasteiger partial charge is 0.179 e. The van der Waals surface area contributed by atoms with Gasteiger partial charge in [-0.25, -0.2) is 4.98 Å². The van der Waals surface area contributed by atoms with Crippen LogP contribution in [0.3, 0.4) is 0 Å². The van der Waals surface area contributed by atoms with Gasteiger partial charge in [-0.15, -0.1) is 0 Å². The molecule has 1 aromatic carbocycles. The molecule has 0 aliphatic heterocycles. The van der Waals surface area contributed by atoms with Gasteiger partial charge in [0.05, 0.1) is 6.33 Å². The Hall–Kier alpha value is -1.81. The molecule has 0 spiro atoms. The molecule has 2 saturated carbocycles. The van der Waals surface area contributed by atoms with Gasteiger partial charge in [-0.1, -0.05) is 37.5 Å². The summed E-state index contributed by atoms with van der Waals surface area (Å²) in [7, 11) is 0. The van der Waals surface area contributed by atoms with Crippen LogP contribution in [0.4, 0.5) is 0 Å². The minimum atomic E-state index is 0.0375. The van der Waals surface area contributed by atoms with E-state index in [-0.39, 0.29) is 6.23 Å². The van der Waals surface area contributed by atoms with Crippen molar-refractivity contribution in [3.8, 4) is 5.75 Å². The van der Waals surface area contributed by atoms with Gasteiger partial charge >= 0.3 is 0 Å². The number of para-hydroxylation sites is 1. The lowest BCUT2D eigenvalue weighted by Crippen LogP contribution is -2.42. The Balaban J connectivity index is 1.36. The van der Waals surface area contributed by atoms with Crippen LogP contribution in [0.1, 0.15) is 64.0 Å². The predicted octanol–water partition coefficient (Wildman–Crippen LogP) is 4.94. The van der Waals surface area contributed by atoms with Gasteiger partial charge in [-0.2, -0.15) is 0 Å². The van der Waals surface area contributed by atoms with Gasteiger partial charge in [0.15, 0.2) is 6.23 Å². The fourth-order valence-corrected chi connectivity index (χ4v) is 4.63. The van der Waals surface area contributed by atoms with E-state index in [2.05, 4.69) is 14.9 Å². The summed E-state index contributed by atoms with van der Waals surface area (Å²) in [6.07, 6.45) is 17.7. The van der Waals surface area contributed by atoms with Gasteiger partial charge in [-0.3, -0.25) is 0 Å². The molecule has 2 fully saturated rings. The zero-order chi connectivity index (χ0) is 17.6. The summed E-state index contributed by atoms with van der Waals surface area (Å²) in [5.41, 5.74) is 0. The summed E-state index contributed by atoms with van der Waals surface area (Å²) in [6.45, 7) is 0. The van der Waals surface area contributed by atoms with Gasteiger partial charge in [0.1, 0.15) is 5.75 Å². The van der Waals surface area contributed by atoms with Crippen molar-refractivity contribution in [2.24, 2.45) is 5.92 Å². The first-order valence-corrected chi connectivity index (χ1v) is 10.3. The molecule has 1 unspecified atom stereocenters. The molecule has 4 nitrogen and oxygen atoms in total. The molecule has 2 aromatic rings. The predicted molar refractivity (Wildman–Crippen MR) is 104 cm³/mol. The van der Waals surface area contributed by atoms with Crippen LogP contribution >= 0.6 is 0 Å². The van der Waals surface area contributed by atoms with Crippen molar-refractivity contribution in [1.29, 1.82) is 0 Å². The quantitative estimate of drug-likeness (QED) is 0.799. The monoisotopic (exact) mass is 353 g/mol. The van der Waals surface area contributed by atoms with Crippen LogP contribution in [0.5, 0.6) is 5.75 Å². The minimum Gasteiger partial charge on any atom is -0.470 e. The van der Waals surface area contributed by atoms with E-state index in [0.29, 0.717) is 12.0 Å². The van der Waals surface area contributed by atoms with Crippen LogP contribution in [0, 0.1) is 5.92 Å². The maximum Gasteiger partial charge on any atom is 0.179 e. The zero-order valence-electron chi connectivity index (χ0n) is 15.6. The first-order chi connectivity index (χ1) is 12.9. The van der Waals surface area contributed by atoms with E-state index in [0.717, 1.165) is 11.8 Å². The highest BCUT2D eigenvalue weighted by atomic mass is 16.5. The standard InChI is InChI=1S/C22H31N3O/c1-3-7-19(8-4-1)24-20-13-11-18(12-14-20)22(25-16-15-23-17-25)26-21-9-5-2-6-10-21/h2,5-6,9-10,15-20,22,24H,1,3-4,7-8,11-14H2. The van der Waals surface area contributed by atoms with E-state index in [1.165, 1.54) is 57.8 Å². The van der Waals surface area contributed by atoms with Crippen LogP contribution in [0.25, 0.3) is 0 Å². The van der Waals surface area contributed by atoms with E-state index < -0.39 is 0 Å². The molecular weight excluding hydrogens is 322 g/mol. The average Bonchev–Trinajstić information content (AvgIpc) is 3.23. The second-order valence-corrected chi connectivity index (χ2v) is 7.94. The number of imidazole rings is 1. The zero-order valence-corrected chi connectivity index (χ0v) is 15.6. The SMILES string of the molecule is c1ccc(OC(C2CCC(NC3CCCCC3)CC2)n2ccnc2)cc1. The third kappa shape index (κ3) is 4.47. The lowest BCUT2D eigenvalue weighted by Gasteiger charge is -2.36. The number of hydrogen-bond donors (Lipinski definition) is 1. The van der Waals surface area contributed by atoms with Crippen molar-refractivity contribution < 1.29 is 4.74 Å². The molecule has 0 saturated heterocycles. The minimum absolute atomic E-state index is 0.0375. The highest BCUT2D eigenvalue weighted by Gasteiger charge is 2.31. The molecular formula is C22H31N3O. The summed E-state index contributed by atoms with van der Waals surface area (Å²) in [5, 5.41) is 3.94. The first kappa shape index (κ1) is 17.6. The Morgan fingerprint density at radius 3 is 2.35 bits per heavy atom. The molecule has 0 amide bonds. The topological polar surface area (TPSA) is 39.1 Å². The maximum atomic E-state index is 6.39. The molecule has 1 atom stereocenters. The normalized spacial score (nSPS) is 25.7. The number of nitrogens with zero attached hydrogens (tertiary/aromatic N) is 2. The first-order valence-electron chi connectivity index (χ1n) is 10.3. The van der Waals surface area contributed by atoms with Crippen LogP contribution < -0.4 is 10.1 Å². The summed E-state index contributed by atoms with van der Waals surface area (Å²) in [5.74, 6) is 1.47. The summed E-state index contributed by atoms with van der Waals surface area (Å²) < 4.78 is 8.52. The molecule has 0 bridgehead atoms. The van der Waals surface area contributed by atoms with Gasteiger partial charge in [0.2, 0.25) is 0 Å². The molecule has 4 heteroatoms. The molecule has 2 aliphatic rings. The fourth-order valence-electron chi connectivity index (χ4n) is 4.63. The van der Waals surface area contributed by atoms with E-state index in [1.807, 2.05) is 49.1 Å². The Kier molecular flexibility index (Phi) is 5.90. The Morgan fingerprint density at radius 1 is 0.923 bits per heavy atom. The van der Waals surface area contributed by atoms with Gasteiger partial charge in [0.25, 0.3) is 0 Å². The van der Waals surface area contributed by atoms with Gasteiger partial charge in [0, 0.05) is 30.4 Å². The highest BCUT2D eigenvalue weighted by Crippen LogP contribution is 2.35. The van der Waals surface area contributed by atoms with Gasteiger partial charge in [-0.05, 0) is 50.7 Å². The van der Waals surface area contributed by atoms with Crippen molar-refractivity contribution in [3.63, 3.8) is 0 Å². The third-order valence-corrected chi connectivity index (χ3v) is 6.07. The lowest BCUT2D eigenvalue weighted by molar-refractivity contribution is 0.0407. The number of rotatable bonds is 6. The summed E-state index contributed by atoms with van der Waals surface area (Å²) in [4.78, 5) is 4.24. The van der Waals surface area contributed by atoms with Crippen molar-refractivity contribution in [3.05, 3.63) is 49.1 Å². The van der Waals surface area contributed by atoms with Gasteiger partial charge < -0.3 is 14.6 Å². The Labute approximate surface area is 157 Å². The number of ether oxygens (including phenoxy) is 1. The van der Waals surface area contributed by atoms with Crippen molar-refractivity contribution in [2.45, 2.75) is 76.1 Å². The van der Waals surface area contributed by atoms with E-state index in [4.69, 9.17) is 4.74 Å². The average molecular weight is 354 g/mol. The van der Waals surface area contributed by atoms with Crippen LogP contribution in [-0.2, 0) is 0 Å². The van der Waals surface area contributed by atoms with Crippen LogP contribution in [-0.4, -0.2) is 21.6 Å². The molecule has 26 heavy (non-hydrogen) atoms. The van der Waals surface area contributed by atoms with Crippen molar-refractivity contribution in [2.75, 3.05) is 0 Å². The molecule has 4 rings (SSSR count). The maximum absolute atomic E-state index is 6.39. The van der Waals surface area contributed by atoms with E-state index >= 15 is 0 Å². The highest BCUT2D eigenvalue weighted by molar-refractivity contribution is 5.21. The molecule has 1 heterocycles. The Morgan fingerprint density at radius 2 is 1.65 bits per heavy atom. The Bertz CT molecular complexity index is 629. The van der Waals surface area contributed by atoms with Crippen molar-refractivity contribution >= 4 is 0 Å². The second-order valence-electron chi connectivity index (χ2n) is 7.94. The van der Waals surface area contributed by atoms with Crippen LogP contribution in [0.15, 0.2) is 49.1 Å². The summed E-state index contributed by atoms with van der Waals surface area (Å²) in [6, 6.07) is 11.6. The van der Waals surface area contributed by atoms with Crippen LogP contribution in [0.2, 0.25) is 0 Å². The number of benzene rings is 1. The molecule has 140 valence electrons. The van der Waals surface area contributed by atoms with Crippen molar-refractivity contribution in [1.82, 2.24) is 14.9 Å². The number of aromatic nitrogens is 2. The lowest BCUT2D eigenvalue weighted by atomic mass is 9.83. The molecule has 1 N–H and O–H groups in total. The van der Waals surface area contributed by atoms with E-state index in [1.54, 1.807) is 0 Å². The molecule has 1 aromatic heterocycles. The van der Waals surface area contributed by atoms with E-state index in [9.17, 15) is 0 Å². The fraction of sp³-hybridized carbons (Fsp3) is 0.591. The number of nitrogens with one attached hydrogen (secondary N) is 1. The summed E-state index contributed by atoms with van der Waals surface area (Å²) >= 11 is 0.